The van der Waals surface area contributed by atoms with Gasteiger partial charge in [-0.1, -0.05) is 6.07 Å². The van der Waals surface area contributed by atoms with E-state index in [9.17, 15) is 4.79 Å². The SMILES string of the molecule is COc1ccc(CNC(=O)CCl)cc1CN1CCOCC1. The normalized spacial score (nSPS) is 15.7. The van der Waals surface area contributed by atoms with Gasteiger partial charge in [0.15, 0.2) is 0 Å². The van der Waals surface area contributed by atoms with E-state index in [1.165, 1.54) is 0 Å². The van der Waals surface area contributed by atoms with E-state index >= 15 is 0 Å². The van der Waals surface area contributed by atoms with Crippen LogP contribution in [0.5, 0.6) is 5.75 Å². The van der Waals surface area contributed by atoms with E-state index in [0.717, 1.165) is 49.7 Å². The first-order valence-corrected chi connectivity index (χ1v) is 7.55. The quantitative estimate of drug-likeness (QED) is 0.806. The minimum Gasteiger partial charge on any atom is -0.496 e. The van der Waals surface area contributed by atoms with Crippen molar-refractivity contribution in [2.24, 2.45) is 0 Å². The van der Waals surface area contributed by atoms with Gasteiger partial charge in [0.2, 0.25) is 5.91 Å². The highest BCUT2D eigenvalue weighted by Crippen LogP contribution is 2.22. The van der Waals surface area contributed by atoms with Gasteiger partial charge in [0.1, 0.15) is 11.6 Å². The summed E-state index contributed by atoms with van der Waals surface area (Å²) in [6.45, 7) is 4.70. The Morgan fingerprint density at radius 2 is 2.19 bits per heavy atom. The van der Waals surface area contributed by atoms with E-state index in [4.69, 9.17) is 21.1 Å². The standard InChI is InChI=1S/C15H21ClN2O3/c1-20-14-3-2-12(10-17-15(19)9-16)8-13(14)11-18-4-6-21-7-5-18/h2-3,8H,4-7,9-11H2,1H3,(H,17,19). The molecule has 0 radical (unpaired) electrons. The molecule has 116 valence electrons. The second kappa shape index (κ2) is 8.22. The molecule has 0 spiro atoms. The molecule has 5 nitrogen and oxygen atoms in total. The number of carbonyl (C=O) groups excluding carboxylic acids is 1. The van der Waals surface area contributed by atoms with Crippen LogP contribution in [-0.4, -0.2) is 50.1 Å². The Morgan fingerprint density at radius 1 is 1.43 bits per heavy atom. The summed E-state index contributed by atoms with van der Waals surface area (Å²) in [6.07, 6.45) is 0. The van der Waals surface area contributed by atoms with E-state index in [1.54, 1.807) is 7.11 Å². The number of benzene rings is 1. The molecule has 0 bridgehead atoms. The number of nitrogens with zero attached hydrogens (tertiary/aromatic N) is 1. The number of methoxy groups -OCH3 is 1. The van der Waals surface area contributed by atoms with Crippen molar-refractivity contribution in [3.05, 3.63) is 29.3 Å². The summed E-state index contributed by atoms with van der Waals surface area (Å²) in [6, 6.07) is 5.97. The fourth-order valence-corrected chi connectivity index (χ4v) is 2.41. The highest BCUT2D eigenvalue weighted by atomic mass is 35.5. The van der Waals surface area contributed by atoms with E-state index in [-0.39, 0.29) is 11.8 Å². The Balaban J connectivity index is 2.04. The number of nitrogens with one attached hydrogen (secondary N) is 1. The summed E-state index contributed by atoms with van der Waals surface area (Å²) in [7, 11) is 1.67. The Morgan fingerprint density at radius 3 is 2.86 bits per heavy atom. The minimum atomic E-state index is -0.165. The number of morpholine rings is 1. The van der Waals surface area contributed by atoms with Crippen molar-refractivity contribution in [1.29, 1.82) is 0 Å². The van der Waals surface area contributed by atoms with Gasteiger partial charge in [0.05, 0.1) is 20.3 Å². The Labute approximate surface area is 130 Å². The lowest BCUT2D eigenvalue weighted by molar-refractivity contribution is -0.118. The Hall–Kier alpha value is -1.30. The van der Waals surface area contributed by atoms with Crippen LogP contribution in [0.2, 0.25) is 0 Å². The minimum absolute atomic E-state index is 0.0171. The Bertz CT molecular complexity index is 476. The maximum absolute atomic E-state index is 11.2. The van der Waals surface area contributed by atoms with E-state index in [2.05, 4.69) is 16.3 Å². The van der Waals surface area contributed by atoms with Crippen molar-refractivity contribution in [1.82, 2.24) is 10.2 Å². The molecule has 0 saturated carbocycles. The summed E-state index contributed by atoms with van der Waals surface area (Å²) in [4.78, 5) is 13.6. The van der Waals surface area contributed by atoms with Crippen molar-refractivity contribution in [3.8, 4) is 5.75 Å². The number of carbonyl (C=O) groups is 1. The lowest BCUT2D eigenvalue weighted by Crippen LogP contribution is -2.35. The lowest BCUT2D eigenvalue weighted by Gasteiger charge is -2.27. The fraction of sp³-hybridized carbons (Fsp3) is 0.533. The molecule has 0 aromatic heterocycles. The predicted molar refractivity (Wildman–Crippen MR) is 81.7 cm³/mol. The van der Waals surface area contributed by atoms with Crippen LogP contribution < -0.4 is 10.1 Å². The first-order chi connectivity index (χ1) is 10.2. The van der Waals surface area contributed by atoms with Gasteiger partial charge in [-0.3, -0.25) is 9.69 Å². The third-order valence-electron chi connectivity index (χ3n) is 3.45. The topological polar surface area (TPSA) is 50.8 Å². The molecule has 0 atom stereocenters. The average Bonchev–Trinajstić information content (AvgIpc) is 2.53. The van der Waals surface area contributed by atoms with Crippen molar-refractivity contribution < 1.29 is 14.3 Å². The summed E-state index contributed by atoms with van der Waals surface area (Å²) >= 11 is 5.48. The van der Waals surface area contributed by atoms with Gasteiger partial charge in [0, 0.05) is 31.7 Å². The van der Waals surface area contributed by atoms with E-state index in [0.29, 0.717) is 6.54 Å². The predicted octanol–water partition coefficient (Wildman–Crippen LogP) is 1.38. The molecule has 1 amide bonds. The molecule has 1 fully saturated rings. The van der Waals surface area contributed by atoms with E-state index in [1.807, 2.05) is 12.1 Å². The van der Waals surface area contributed by atoms with Gasteiger partial charge in [0.25, 0.3) is 0 Å². The highest BCUT2D eigenvalue weighted by Gasteiger charge is 2.14. The van der Waals surface area contributed by atoms with Crippen LogP contribution in [0.4, 0.5) is 0 Å². The largest absolute Gasteiger partial charge is 0.496 e. The van der Waals surface area contributed by atoms with Gasteiger partial charge >= 0.3 is 0 Å². The number of hydrogen-bond acceptors (Lipinski definition) is 4. The molecule has 1 aromatic carbocycles. The van der Waals surface area contributed by atoms with Crippen LogP contribution in [-0.2, 0) is 22.6 Å². The first-order valence-electron chi connectivity index (χ1n) is 7.01. The third kappa shape index (κ3) is 4.88. The summed E-state index contributed by atoms with van der Waals surface area (Å²) in [5.41, 5.74) is 2.16. The molecular weight excluding hydrogens is 292 g/mol. The average molecular weight is 313 g/mol. The number of ether oxygens (including phenoxy) is 2. The number of amides is 1. The van der Waals surface area contributed by atoms with Crippen molar-refractivity contribution in [3.63, 3.8) is 0 Å². The maximum atomic E-state index is 11.2. The van der Waals surface area contributed by atoms with Crippen molar-refractivity contribution in [2.75, 3.05) is 39.3 Å². The molecule has 1 saturated heterocycles. The molecule has 6 heteroatoms. The Kier molecular flexibility index (Phi) is 6.29. The van der Waals surface area contributed by atoms with Crippen LogP contribution in [0.25, 0.3) is 0 Å². The van der Waals surface area contributed by atoms with Crippen molar-refractivity contribution in [2.45, 2.75) is 13.1 Å². The third-order valence-corrected chi connectivity index (χ3v) is 3.70. The lowest BCUT2D eigenvalue weighted by atomic mass is 10.1. The fourth-order valence-electron chi connectivity index (χ4n) is 2.31. The molecule has 1 heterocycles. The molecule has 1 aromatic rings. The second-order valence-electron chi connectivity index (χ2n) is 4.95. The summed E-state index contributed by atoms with van der Waals surface area (Å²) in [5, 5.41) is 2.77. The smallest absolute Gasteiger partial charge is 0.235 e. The monoisotopic (exact) mass is 312 g/mol. The zero-order valence-corrected chi connectivity index (χ0v) is 13.0. The molecular formula is C15H21ClN2O3. The van der Waals surface area contributed by atoms with Crippen LogP contribution in [0.3, 0.4) is 0 Å². The number of rotatable bonds is 6. The van der Waals surface area contributed by atoms with Gasteiger partial charge in [-0.25, -0.2) is 0 Å². The zero-order valence-electron chi connectivity index (χ0n) is 12.2. The zero-order chi connectivity index (χ0) is 15.1. The maximum Gasteiger partial charge on any atom is 0.235 e. The molecule has 1 aliphatic heterocycles. The van der Waals surface area contributed by atoms with Gasteiger partial charge < -0.3 is 14.8 Å². The summed E-state index contributed by atoms with van der Waals surface area (Å²) < 4.78 is 10.8. The number of hydrogen-bond donors (Lipinski definition) is 1. The molecule has 1 N–H and O–H groups in total. The van der Waals surface area contributed by atoms with Crippen LogP contribution in [0, 0.1) is 0 Å². The highest BCUT2D eigenvalue weighted by molar-refractivity contribution is 6.27. The van der Waals surface area contributed by atoms with Crippen LogP contribution >= 0.6 is 11.6 Å². The van der Waals surface area contributed by atoms with Gasteiger partial charge in [-0.15, -0.1) is 11.6 Å². The molecule has 0 unspecified atom stereocenters. The molecule has 2 rings (SSSR count). The first kappa shape index (κ1) is 16.1. The number of halogens is 1. The van der Waals surface area contributed by atoms with Gasteiger partial charge in [-0.2, -0.15) is 0 Å². The van der Waals surface area contributed by atoms with Gasteiger partial charge in [-0.05, 0) is 17.7 Å². The number of alkyl halides is 1. The van der Waals surface area contributed by atoms with Crippen LogP contribution in [0.1, 0.15) is 11.1 Å². The molecule has 0 aliphatic carbocycles. The second-order valence-corrected chi connectivity index (χ2v) is 5.21. The summed E-state index contributed by atoms with van der Waals surface area (Å²) in [5.74, 6) is 0.688. The van der Waals surface area contributed by atoms with E-state index < -0.39 is 0 Å². The van der Waals surface area contributed by atoms with Crippen LogP contribution in [0.15, 0.2) is 18.2 Å². The molecule has 1 aliphatic rings. The van der Waals surface area contributed by atoms with Crippen molar-refractivity contribution >= 4 is 17.5 Å². The molecule has 21 heavy (non-hydrogen) atoms.